The monoisotopic (exact) mass is 325 g/mol. The van der Waals surface area contributed by atoms with E-state index >= 15 is 0 Å². The Balaban J connectivity index is 2.42. The first-order valence-electron chi connectivity index (χ1n) is 5.78. The first kappa shape index (κ1) is 16.6. The average Bonchev–Trinajstić information content (AvgIpc) is 2.32. The van der Waals surface area contributed by atoms with Crippen LogP contribution in [0.1, 0.15) is 19.3 Å². The molecular weight excluding hydrogens is 313 g/mol. The third-order valence-corrected chi connectivity index (χ3v) is 3.65. The van der Waals surface area contributed by atoms with Gasteiger partial charge in [-0.3, -0.25) is 10.1 Å². The van der Waals surface area contributed by atoms with Gasteiger partial charge in [0.1, 0.15) is 5.82 Å². The van der Waals surface area contributed by atoms with E-state index in [2.05, 4.69) is 0 Å². The number of hydrogen-bond donors (Lipinski definition) is 0. The minimum Gasteiger partial charge on any atom is -0.487 e. The Morgan fingerprint density at radius 2 is 2.00 bits per heavy atom. The van der Waals surface area contributed by atoms with Crippen LogP contribution in [-0.2, 0) is 9.05 Å². The number of nitro groups is 1. The van der Waals surface area contributed by atoms with Crippen LogP contribution in [0.5, 0.6) is 5.75 Å². The molecule has 1 aromatic rings. The van der Waals surface area contributed by atoms with Crippen LogP contribution < -0.4 is 4.74 Å². The molecule has 0 heterocycles. The summed E-state index contributed by atoms with van der Waals surface area (Å²) in [4.78, 5) is 10.0. The molecule has 0 radical (unpaired) electrons. The highest BCUT2D eigenvalue weighted by Gasteiger charge is 2.15. The van der Waals surface area contributed by atoms with Gasteiger partial charge < -0.3 is 4.74 Å². The average molecular weight is 326 g/mol. The Morgan fingerprint density at radius 3 is 2.60 bits per heavy atom. The highest BCUT2D eigenvalue weighted by Crippen LogP contribution is 2.27. The Labute approximate surface area is 120 Å². The SMILES string of the molecule is O=[N+]([O-])c1ccc(F)cc1OCCCCCS(=O)(=O)Cl. The van der Waals surface area contributed by atoms with Gasteiger partial charge in [-0.2, -0.15) is 0 Å². The molecule has 0 saturated carbocycles. The molecule has 0 saturated heterocycles. The molecule has 0 fully saturated rings. The van der Waals surface area contributed by atoms with Crippen LogP contribution in [0.15, 0.2) is 18.2 Å². The fourth-order valence-corrected chi connectivity index (χ4v) is 2.37. The lowest BCUT2D eigenvalue weighted by Gasteiger charge is -2.06. The summed E-state index contributed by atoms with van der Waals surface area (Å²) in [6.45, 7) is 0.132. The summed E-state index contributed by atoms with van der Waals surface area (Å²) in [7, 11) is 1.54. The van der Waals surface area contributed by atoms with Gasteiger partial charge in [-0.15, -0.1) is 0 Å². The Hall–Kier alpha value is -1.41. The van der Waals surface area contributed by atoms with Gasteiger partial charge >= 0.3 is 5.69 Å². The summed E-state index contributed by atoms with van der Waals surface area (Å²) in [5.74, 6) is -0.895. The maximum atomic E-state index is 13.0. The lowest BCUT2D eigenvalue weighted by atomic mass is 10.2. The van der Waals surface area contributed by atoms with Crippen molar-refractivity contribution in [2.75, 3.05) is 12.4 Å². The second-order valence-corrected chi connectivity index (χ2v) is 6.92. The van der Waals surface area contributed by atoms with Gasteiger partial charge in [-0.1, -0.05) is 0 Å². The fourth-order valence-electron chi connectivity index (χ4n) is 1.49. The number of halogens is 2. The van der Waals surface area contributed by atoms with E-state index in [-0.39, 0.29) is 23.8 Å². The molecule has 0 bridgehead atoms. The second-order valence-electron chi connectivity index (χ2n) is 4.02. The molecule has 0 aliphatic carbocycles. The van der Waals surface area contributed by atoms with E-state index in [1.807, 2.05) is 0 Å². The summed E-state index contributed by atoms with van der Waals surface area (Å²) < 4.78 is 39.5. The normalized spacial score (nSPS) is 11.3. The molecule has 0 aliphatic rings. The smallest absolute Gasteiger partial charge is 0.311 e. The van der Waals surface area contributed by atoms with E-state index in [1.165, 1.54) is 0 Å². The van der Waals surface area contributed by atoms with Crippen LogP contribution in [0.25, 0.3) is 0 Å². The van der Waals surface area contributed by atoms with E-state index in [0.29, 0.717) is 19.3 Å². The number of benzene rings is 1. The summed E-state index contributed by atoms with van der Waals surface area (Å²) in [5, 5.41) is 10.7. The number of unbranched alkanes of at least 4 members (excludes halogenated alkanes) is 2. The van der Waals surface area contributed by atoms with Crippen molar-refractivity contribution >= 4 is 25.4 Å². The van der Waals surface area contributed by atoms with E-state index in [0.717, 1.165) is 18.2 Å². The van der Waals surface area contributed by atoms with Crippen molar-refractivity contribution in [3.8, 4) is 5.75 Å². The molecule has 0 unspecified atom stereocenters. The number of rotatable bonds is 8. The molecule has 0 aromatic heterocycles. The summed E-state index contributed by atoms with van der Waals surface area (Å²) >= 11 is 0. The zero-order chi connectivity index (χ0) is 15.2. The third kappa shape index (κ3) is 6.16. The lowest BCUT2D eigenvalue weighted by molar-refractivity contribution is -0.385. The quantitative estimate of drug-likeness (QED) is 0.317. The van der Waals surface area contributed by atoms with Gasteiger partial charge in [0.25, 0.3) is 0 Å². The van der Waals surface area contributed by atoms with Crippen molar-refractivity contribution in [2.24, 2.45) is 0 Å². The third-order valence-electron chi connectivity index (χ3n) is 2.41. The van der Waals surface area contributed by atoms with E-state index in [1.54, 1.807) is 0 Å². The molecule has 20 heavy (non-hydrogen) atoms. The Morgan fingerprint density at radius 1 is 1.30 bits per heavy atom. The van der Waals surface area contributed by atoms with Crippen molar-refractivity contribution in [3.05, 3.63) is 34.1 Å². The predicted molar refractivity (Wildman–Crippen MR) is 72.0 cm³/mol. The molecule has 0 spiro atoms. The van der Waals surface area contributed by atoms with E-state index in [9.17, 15) is 22.9 Å². The number of nitro benzene ring substituents is 1. The van der Waals surface area contributed by atoms with Gasteiger partial charge in [0.05, 0.1) is 17.3 Å². The molecule has 1 aromatic carbocycles. The van der Waals surface area contributed by atoms with E-state index in [4.69, 9.17) is 15.4 Å². The zero-order valence-electron chi connectivity index (χ0n) is 10.4. The van der Waals surface area contributed by atoms with Gasteiger partial charge in [0.2, 0.25) is 9.05 Å². The highest BCUT2D eigenvalue weighted by molar-refractivity contribution is 8.13. The molecule has 6 nitrogen and oxygen atoms in total. The van der Waals surface area contributed by atoms with Crippen LogP contribution in [-0.4, -0.2) is 25.7 Å². The van der Waals surface area contributed by atoms with Gasteiger partial charge in [0, 0.05) is 22.8 Å². The van der Waals surface area contributed by atoms with Gasteiger partial charge in [0.15, 0.2) is 5.75 Å². The highest BCUT2D eigenvalue weighted by atomic mass is 35.7. The first-order chi connectivity index (χ1) is 9.29. The van der Waals surface area contributed by atoms with Crippen LogP contribution in [0.2, 0.25) is 0 Å². The molecule has 0 aliphatic heterocycles. The molecular formula is C11H13ClFNO5S. The van der Waals surface area contributed by atoms with Crippen molar-refractivity contribution in [1.29, 1.82) is 0 Å². The van der Waals surface area contributed by atoms with Crippen molar-refractivity contribution in [1.82, 2.24) is 0 Å². The minimum atomic E-state index is -3.49. The van der Waals surface area contributed by atoms with Crippen LogP contribution in [0.4, 0.5) is 10.1 Å². The predicted octanol–water partition coefficient (Wildman–Crippen LogP) is 2.85. The molecule has 0 atom stereocenters. The maximum Gasteiger partial charge on any atom is 0.311 e. The molecule has 0 amide bonds. The summed E-state index contributed by atoms with van der Waals surface area (Å²) in [5.41, 5.74) is -0.310. The first-order valence-corrected chi connectivity index (χ1v) is 8.26. The second kappa shape index (κ2) is 7.39. The van der Waals surface area contributed by atoms with Gasteiger partial charge in [-0.25, -0.2) is 12.8 Å². The number of ether oxygens (including phenoxy) is 1. The topological polar surface area (TPSA) is 86.5 Å². The molecule has 0 N–H and O–H groups in total. The van der Waals surface area contributed by atoms with Crippen molar-refractivity contribution in [2.45, 2.75) is 19.3 Å². The van der Waals surface area contributed by atoms with Gasteiger partial charge in [-0.05, 0) is 25.3 Å². The maximum absolute atomic E-state index is 13.0. The van der Waals surface area contributed by atoms with Crippen molar-refractivity contribution < 1.29 is 22.5 Å². The van der Waals surface area contributed by atoms with Crippen LogP contribution in [0.3, 0.4) is 0 Å². The van der Waals surface area contributed by atoms with Crippen molar-refractivity contribution in [3.63, 3.8) is 0 Å². The molecule has 112 valence electrons. The fraction of sp³-hybridized carbons (Fsp3) is 0.455. The minimum absolute atomic E-state index is 0.130. The van der Waals surface area contributed by atoms with Crippen LogP contribution >= 0.6 is 10.7 Å². The lowest BCUT2D eigenvalue weighted by Crippen LogP contribution is -2.02. The largest absolute Gasteiger partial charge is 0.487 e. The standard InChI is InChI=1S/C11H13ClFNO5S/c12-20(17,18)7-3-1-2-6-19-11-8-9(13)4-5-10(11)14(15)16/h4-5,8H,1-3,6-7H2. The zero-order valence-corrected chi connectivity index (χ0v) is 12.0. The number of nitrogens with zero attached hydrogens (tertiary/aromatic N) is 1. The Bertz CT molecular complexity index is 578. The van der Waals surface area contributed by atoms with E-state index < -0.39 is 19.8 Å². The van der Waals surface area contributed by atoms with Crippen LogP contribution in [0, 0.1) is 15.9 Å². The Kier molecular flexibility index (Phi) is 6.15. The summed E-state index contributed by atoms with van der Waals surface area (Å²) in [6, 6.07) is 2.96. The number of hydrogen-bond acceptors (Lipinski definition) is 5. The summed E-state index contributed by atoms with van der Waals surface area (Å²) in [6.07, 6.45) is 1.40. The molecule has 1 rings (SSSR count). The molecule has 9 heteroatoms.